The molecule has 4 aromatic rings. The molecule has 0 fully saturated rings. The van der Waals surface area contributed by atoms with Crippen LogP contribution in [0.3, 0.4) is 0 Å². The van der Waals surface area contributed by atoms with Crippen molar-refractivity contribution in [3.63, 3.8) is 0 Å². The van der Waals surface area contributed by atoms with Crippen LogP contribution in [0, 0.1) is 32.1 Å². The number of carbonyl (C=O) groups is 1. The lowest BCUT2D eigenvalue weighted by Crippen LogP contribution is -2.04. The van der Waals surface area contributed by atoms with Crippen LogP contribution >= 0.6 is 0 Å². The smallest absolute Gasteiger partial charge is 0.337 e. The Hall–Kier alpha value is -4.11. The van der Waals surface area contributed by atoms with E-state index < -0.39 is 0 Å². The zero-order chi connectivity index (χ0) is 22.1. The molecule has 0 radical (unpaired) electrons. The molecule has 2 aromatic heterocycles. The summed E-state index contributed by atoms with van der Waals surface area (Å²) >= 11 is 0. The van der Waals surface area contributed by atoms with Gasteiger partial charge in [0, 0.05) is 17.1 Å². The second-order valence-electron chi connectivity index (χ2n) is 7.48. The number of nitriles is 1. The molecule has 1 N–H and O–H groups in total. The number of hydrogen-bond acceptors (Lipinski definition) is 4. The third-order valence-corrected chi connectivity index (χ3v) is 5.31. The van der Waals surface area contributed by atoms with Gasteiger partial charge in [-0.25, -0.2) is 9.78 Å². The van der Waals surface area contributed by atoms with Gasteiger partial charge in [0.25, 0.3) is 0 Å². The van der Waals surface area contributed by atoms with E-state index in [9.17, 15) is 10.1 Å². The molecule has 6 nitrogen and oxygen atoms in total. The number of methoxy groups -OCH3 is 1. The fourth-order valence-corrected chi connectivity index (χ4v) is 3.78. The second-order valence-corrected chi connectivity index (χ2v) is 7.48. The Kier molecular flexibility index (Phi) is 5.18. The summed E-state index contributed by atoms with van der Waals surface area (Å²) in [5.74, 6) is 0.164. The third kappa shape index (κ3) is 3.74. The first kappa shape index (κ1) is 20.2. The minimum Gasteiger partial charge on any atom is -0.465 e. The average Bonchev–Trinajstić information content (AvgIpc) is 3.30. The quantitative estimate of drug-likeness (QED) is 0.373. The van der Waals surface area contributed by atoms with Crippen molar-refractivity contribution in [3.8, 4) is 11.8 Å². The van der Waals surface area contributed by atoms with Crippen LogP contribution in [0.15, 0.2) is 48.5 Å². The van der Waals surface area contributed by atoms with Crippen molar-refractivity contribution in [2.24, 2.45) is 0 Å². The number of ether oxygens (including phenoxy) is 1. The molecule has 0 aliphatic carbocycles. The lowest BCUT2D eigenvalue weighted by Gasteiger charge is -2.11. The average molecular weight is 410 g/mol. The van der Waals surface area contributed by atoms with E-state index >= 15 is 0 Å². The summed E-state index contributed by atoms with van der Waals surface area (Å²) in [5.41, 5.74) is 7.51. The summed E-state index contributed by atoms with van der Waals surface area (Å²) in [6.45, 7) is 6.00. The first-order chi connectivity index (χ1) is 14.9. The maximum Gasteiger partial charge on any atom is 0.337 e. The number of aryl methyl sites for hydroxylation is 2. The van der Waals surface area contributed by atoms with Gasteiger partial charge in [0.2, 0.25) is 0 Å². The van der Waals surface area contributed by atoms with E-state index in [-0.39, 0.29) is 5.97 Å². The van der Waals surface area contributed by atoms with Gasteiger partial charge in [0.15, 0.2) is 0 Å². The van der Waals surface area contributed by atoms with Gasteiger partial charge in [-0.1, -0.05) is 12.1 Å². The van der Waals surface area contributed by atoms with E-state index in [2.05, 4.69) is 20.6 Å². The SMILES string of the molecule is COC(=O)c1cccc(-n2c(C)cc(C=C(C#N)c3nc4ccc(C)cc4[nH]3)c2C)c1. The number of hydrogen-bond donors (Lipinski definition) is 1. The van der Waals surface area contributed by atoms with Crippen molar-refractivity contribution in [1.29, 1.82) is 5.26 Å². The summed E-state index contributed by atoms with van der Waals surface area (Å²) < 4.78 is 6.89. The Morgan fingerprint density at radius 3 is 2.71 bits per heavy atom. The molecule has 6 heteroatoms. The first-order valence-electron chi connectivity index (χ1n) is 9.87. The zero-order valence-corrected chi connectivity index (χ0v) is 17.9. The molecule has 0 aliphatic heterocycles. The van der Waals surface area contributed by atoms with Crippen molar-refractivity contribution < 1.29 is 9.53 Å². The van der Waals surface area contributed by atoms with E-state index in [1.807, 2.05) is 63.2 Å². The van der Waals surface area contributed by atoms with Crippen molar-refractivity contribution in [3.05, 3.63) is 82.4 Å². The number of aromatic nitrogens is 3. The lowest BCUT2D eigenvalue weighted by molar-refractivity contribution is 0.0600. The number of H-pyrrole nitrogens is 1. The zero-order valence-electron chi connectivity index (χ0n) is 17.9. The summed E-state index contributed by atoms with van der Waals surface area (Å²) in [6, 6.07) is 17.5. The molecule has 2 aromatic carbocycles. The maximum atomic E-state index is 11.9. The van der Waals surface area contributed by atoms with Crippen LogP contribution < -0.4 is 0 Å². The topological polar surface area (TPSA) is 83.7 Å². The minimum absolute atomic E-state index is 0.378. The summed E-state index contributed by atoms with van der Waals surface area (Å²) in [6.07, 6.45) is 1.84. The molecule has 0 amide bonds. The van der Waals surface area contributed by atoms with E-state index in [0.717, 1.165) is 39.2 Å². The monoisotopic (exact) mass is 410 g/mol. The Balaban J connectivity index is 1.78. The predicted molar refractivity (Wildman–Crippen MR) is 121 cm³/mol. The Labute approximate surface area is 180 Å². The summed E-state index contributed by atoms with van der Waals surface area (Å²) in [4.78, 5) is 19.7. The van der Waals surface area contributed by atoms with Gasteiger partial charge >= 0.3 is 5.97 Å². The molecule has 0 saturated carbocycles. The predicted octanol–water partition coefficient (Wildman–Crippen LogP) is 5.13. The van der Waals surface area contributed by atoms with E-state index in [4.69, 9.17) is 4.74 Å². The molecule has 31 heavy (non-hydrogen) atoms. The van der Waals surface area contributed by atoms with Gasteiger partial charge in [0.05, 0.1) is 29.3 Å². The summed E-state index contributed by atoms with van der Waals surface area (Å²) in [7, 11) is 1.37. The van der Waals surface area contributed by atoms with Crippen LogP contribution in [0.5, 0.6) is 0 Å². The number of rotatable bonds is 4. The highest BCUT2D eigenvalue weighted by molar-refractivity contribution is 5.91. The van der Waals surface area contributed by atoms with E-state index in [0.29, 0.717) is 17.0 Å². The highest BCUT2D eigenvalue weighted by atomic mass is 16.5. The summed E-state index contributed by atoms with van der Waals surface area (Å²) in [5, 5.41) is 9.79. The maximum absolute atomic E-state index is 11.9. The van der Waals surface area contributed by atoms with Crippen LogP contribution in [0.25, 0.3) is 28.4 Å². The number of nitrogens with one attached hydrogen (secondary N) is 1. The lowest BCUT2D eigenvalue weighted by atomic mass is 10.1. The van der Waals surface area contributed by atoms with Gasteiger partial charge < -0.3 is 14.3 Å². The third-order valence-electron chi connectivity index (χ3n) is 5.31. The van der Waals surface area contributed by atoms with E-state index in [1.165, 1.54) is 7.11 Å². The van der Waals surface area contributed by atoms with Crippen LogP contribution in [0.2, 0.25) is 0 Å². The number of nitrogens with zero attached hydrogens (tertiary/aromatic N) is 3. The second kappa shape index (κ2) is 7.96. The molecule has 0 atom stereocenters. The molecule has 154 valence electrons. The molecule has 4 rings (SSSR count). The minimum atomic E-state index is -0.378. The van der Waals surface area contributed by atoms with Gasteiger partial charge in [0.1, 0.15) is 11.9 Å². The van der Waals surface area contributed by atoms with Crippen LogP contribution in [-0.2, 0) is 4.74 Å². The van der Waals surface area contributed by atoms with Gasteiger partial charge in [-0.15, -0.1) is 0 Å². The highest BCUT2D eigenvalue weighted by Gasteiger charge is 2.14. The van der Waals surface area contributed by atoms with Crippen LogP contribution in [-0.4, -0.2) is 27.6 Å². The van der Waals surface area contributed by atoms with Gasteiger partial charge in [-0.2, -0.15) is 5.26 Å². The number of aromatic amines is 1. The van der Waals surface area contributed by atoms with Crippen molar-refractivity contribution in [1.82, 2.24) is 14.5 Å². The van der Waals surface area contributed by atoms with Crippen LogP contribution in [0.4, 0.5) is 0 Å². The Morgan fingerprint density at radius 1 is 1.16 bits per heavy atom. The molecule has 0 saturated heterocycles. The molecule has 2 heterocycles. The molecular weight excluding hydrogens is 388 g/mol. The highest BCUT2D eigenvalue weighted by Crippen LogP contribution is 2.26. The first-order valence-corrected chi connectivity index (χ1v) is 9.87. The fraction of sp³-hybridized carbons (Fsp3) is 0.160. The Morgan fingerprint density at radius 2 is 1.97 bits per heavy atom. The molecule has 0 unspecified atom stereocenters. The molecule has 0 bridgehead atoms. The number of fused-ring (bicyclic) bond motifs is 1. The number of carbonyl (C=O) groups excluding carboxylic acids is 1. The van der Waals surface area contributed by atoms with Crippen molar-refractivity contribution in [2.45, 2.75) is 20.8 Å². The normalized spacial score (nSPS) is 11.5. The standard InChI is InChI=1S/C25H22N4O2/c1-15-8-9-22-23(10-15)28-24(27-22)20(14-26)12-19-11-16(2)29(17(19)3)21-7-5-6-18(13-21)25(30)31-4/h5-13H,1-4H3,(H,27,28). The van der Waals surface area contributed by atoms with Crippen molar-refractivity contribution >= 4 is 28.7 Å². The molecular formula is C25H22N4O2. The largest absolute Gasteiger partial charge is 0.465 e. The van der Waals surface area contributed by atoms with Gasteiger partial charge in [-0.05, 0) is 74.4 Å². The Bertz CT molecular complexity index is 1380. The fourth-order valence-electron chi connectivity index (χ4n) is 3.78. The van der Waals surface area contributed by atoms with Crippen LogP contribution in [0.1, 0.15) is 38.7 Å². The number of imidazole rings is 1. The number of benzene rings is 2. The van der Waals surface area contributed by atoms with Gasteiger partial charge in [-0.3, -0.25) is 0 Å². The van der Waals surface area contributed by atoms with E-state index in [1.54, 1.807) is 12.1 Å². The number of esters is 1. The van der Waals surface area contributed by atoms with Crippen molar-refractivity contribution in [2.75, 3.05) is 7.11 Å². The molecule has 0 aliphatic rings. The molecule has 0 spiro atoms. The number of allylic oxidation sites excluding steroid dienone is 1.